The molecule has 0 bridgehead atoms. The molecule has 1 aromatic carbocycles. The van der Waals surface area contributed by atoms with Gasteiger partial charge < -0.3 is 16.2 Å². The van der Waals surface area contributed by atoms with Gasteiger partial charge in [0.2, 0.25) is 0 Å². The summed E-state index contributed by atoms with van der Waals surface area (Å²) < 4.78 is 4.08. The van der Waals surface area contributed by atoms with E-state index in [4.69, 9.17) is 0 Å². The second-order valence-corrected chi connectivity index (χ2v) is 3.69. The molecule has 19 heavy (non-hydrogen) atoms. The van der Waals surface area contributed by atoms with E-state index in [1.165, 1.54) is 0 Å². The average molecular weight is 503 g/mol. The van der Waals surface area contributed by atoms with Crippen LogP contribution in [-0.4, -0.2) is 19.0 Å². The molecule has 6 heteroatoms. The van der Waals surface area contributed by atoms with Gasteiger partial charge in [-0.25, -0.2) is 0 Å². The Bertz CT molecular complexity index is 752. The number of hydrogen-bond acceptors (Lipinski definition) is 2. The van der Waals surface area contributed by atoms with Crippen molar-refractivity contribution in [3.63, 3.8) is 0 Å². The third kappa shape index (κ3) is 2.29. The minimum atomic E-state index is 0. The van der Waals surface area contributed by atoms with Gasteiger partial charge in [0.1, 0.15) is 12.0 Å². The van der Waals surface area contributed by atoms with E-state index in [2.05, 4.69) is 26.7 Å². The van der Waals surface area contributed by atoms with Crippen LogP contribution in [0.4, 0.5) is 0 Å². The number of aromatic nitrogens is 4. The zero-order chi connectivity index (χ0) is 10.5. The van der Waals surface area contributed by atoms with Crippen molar-refractivity contribution in [2.45, 2.75) is 0 Å². The Morgan fingerprint density at radius 1 is 1.11 bits per heavy atom. The van der Waals surface area contributed by atoms with Crippen LogP contribution in [-0.2, 0) is 52.8 Å². The molecule has 2 radical (unpaired) electrons. The molecule has 0 atom stereocenters. The maximum atomic E-state index is 4.14. The van der Waals surface area contributed by atoms with Crippen LogP contribution in [0, 0.1) is 13.5 Å². The monoisotopic (exact) mass is 504 g/mol. The van der Waals surface area contributed by atoms with Crippen LogP contribution in [0.5, 0.6) is 0 Å². The van der Waals surface area contributed by atoms with Crippen molar-refractivity contribution in [1.82, 2.24) is 19.0 Å². The Morgan fingerprint density at radius 3 is 2.79 bits per heavy atom. The minimum Gasteiger partial charge on any atom is -0.358 e. The Balaban J connectivity index is 0.000000602. The second kappa shape index (κ2) is 6.23. The largest absolute Gasteiger partial charge is 0.358 e. The summed E-state index contributed by atoms with van der Waals surface area (Å²) in [6.07, 6.45) is 3.76. The number of benzene rings is 1. The molecule has 4 aromatic rings. The van der Waals surface area contributed by atoms with Crippen molar-refractivity contribution in [2.75, 3.05) is 0 Å². The molecular formula is C13H10IrN4Y-2. The minimum absolute atomic E-state index is 0. The smallest absolute Gasteiger partial charge is 0.116 e. The molecule has 0 fully saturated rings. The maximum Gasteiger partial charge on any atom is 0.116 e. The molecule has 0 spiro atoms. The van der Waals surface area contributed by atoms with Crippen LogP contribution < -0.4 is 0 Å². The summed E-state index contributed by atoms with van der Waals surface area (Å²) in [6, 6.07) is 13.2. The van der Waals surface area contributed by atoms with Gasteiger partial charge in [-0.2, -0.15) is 5.10 Å². The van der Waals surface area contributed by atoms with E-state index in [0.29, 0.717) is 0 Å². The standard InChI is InChI=1S/C12H7N4.CH3.Ir.Y/c1-2-5-10-9(4-1)12-14-13-8-16(12)11-6-3-7-15(10)11;;;/h1-3,5-8H;1H3;;/q2*-1;;. The van der Waals surface area contributed by atoms with Crippen molar-refractivity contribution in [3.05, 3.63) is 56.3 Å². The molecule has 3 heterocycles. The fourth-order valence-corrected chi connectivity index (χ4v) is 2.15. The van der Waals surface area contributed by atoms with E-state index in [-0.39, 0.29) is 60.2 Å². The Kier molecular flexibility index (Phi) is 5.39. The van der Waals surface area contributed by atoms with Gasteiger partial charge in [-0.05, 0) is 17.6 Å². The molecular weight excluding hydrogens is 493 g/mol. The predicted molar refractivity (Wildman–Crippen MR) is 66.7 cm³/mol. The van der Waals surface area contributed by atoms with Crippen LogP contribution in [0.15, 0.2) is 42.9 Å². The summed E-state index contributed by atoms with van der Waals surface area (Å²) in [5, 5.41) is 9.10. The van der Waals surface area contributed by atoms with E-state index in [1.807, 2.05) is 34.9 Å². The molecule has 0 unspecified atom stereocenters. The SMILES string of the molecule is [CH3-].[Ir].[Y].[c-]1cccc2c1c1nncn1c1cccn21. The fourth-order valence-electron chi connectivity index (χ4n) is 2.15. The Morgan fingerprint density at radius 2 is 1.95 bits per heavy atom. The molecule has 0 N–H and O–H groups in total. The van der Waals surface area contributed by atoms with E-state index in [0.717, 1.165) is 22.2 Å². The molecule has 0 amide bonds. The topological polar surface area (TPSA) is 34.6 Å². The molecule has 96 valence electrons. The maximum absolute atomic E-state index is 4.14. The van der Waals surface area contributed by atoms with Crippen molar-refractivity contribution < 1.29 is 52.8 Å². The van der Waals surface area contributed by atoms with Gasteiger partial charge in [0.05, 0.1) is 5.65 Å². The average Bonchev–Trinajstić information content (AvgIpc) is 2.98. The van der Waals surface area contributed by atoms with Gasteiger partial charge in [-0.1, -0.05) is 5.39 Å². The van der Waals surface area contributed by atoms with Crippen LogP contribution >= 0.6 is 0 Å². The second-order valence-electron chi connectivity index (χ2n) is 3.69. The third-order valence-electron chi connectivity index (χ3n) is 2.84. The van der Waals surface area contributed by atoms with Crippen molar-refractivity contribution in [1.29, 1.82) is 0 Å². The van der Waals surface area contributed by atoms with Gasteiger partial charge in [0.25, 0.3) is 0 Å². The molecule has 0 aliphatic heterocycles. The van der Waals surface area contributed by atoms with E-state index < -0.39 is 0 Å². The van der Waals surface area contributed by atoms with E-state index in [1.54, 1.807) is 6.33 Å². The zero-order valence-corrected chi connectivity index (χ0v) is 15.5. The molecule has 3 aromatic heterocycles. The van der Waals surface area contributed by atoms with Crippen LogP contribution in [0.2, 0.25) is 0 Å². The first kappa shape index (κ1) is 16.4. The van der Waals surface area contributed by atoms with Gasteiger partial charge >= 0.3 is 0 Å². The van der Waals surface area contributed by atoms with Crippen molar-refractivity contribution in [3.8, 4) is 0 Å². The molecule has 0 aliphatic carbocycles. The first-order valence-corrected chi connectivity index (χ1v) is 5.04. The van der Waals surface area contributed by atoms with Gasteiger partial charge in [-0.15, -0.1) is 29.4 Å². The van der Waals surface area contributed by atoms with E-state index >= 15 is 0 Å². The van der Waals surface area contributed by atoms with Gasteiger partial charge in [0, 0.05) is 59.0 Å². The Labute approximate surface area is 149 Å². The third-order valence-corrected chi connectivity index (χ3v) is 2.84. The summed E-state index contributed by atoms with van der Waals surface area (Å²) in [6.45, 7) is 0. The normalized spacial score (nSPS) is 9.89. The predicted octanol–water partition coefficient (Wildman–Crippen LogP) is 2.38. The summed E-state index contributed by atoms with van der Waals surface area (Å²) in [7, 11) is 0. The summed E-state index contributed by atoms with van der Waals surface area (Å²) >= 11 is 0. The van der Waals surface area contributed by atoms with Crippen molar-refractivity contribution in [2.24, 2.45) is 0 Å². The van der Waals surface area contributed by atoms with Gasteiger partial charge in [-0.3, -0.25) is 0 Å². The first-order valence-electron chi connectivity index (χ1n) is 5.04. The summed E-state index contributed by atoms with van der Waals surface area (Å²) in [5.41, 5.74) is 3.01. The van der Waals surface area contributed by atoms with Gasteiger partial charge in [0.15, 0.2) is 0 Å². The van der Waals surface area contributed by atoms with Crippen LogP contribution in [0.25, 0.3) is 22.2 Å². The first-order chi connectivity index (χ1) is 7.95. The van der Waals surface area contributed by atoms with Crippen molar-refractivity contribution >= 4 is 22.2 Å². The van der Waals surface area contributed by atoms with E-state index in [9.17, 15) is 0 Å². The number of nitrogens with zero attached hydrogens (tertiary/aromatic N) is 4. The van der Waals surface area contributed by atoms with Crippen LogP contribution in [0.3, 0.4) is 0 Å². The zero-order valence-electron chi connectivity index (χ0n) is 10.2. The molecule has 4 nitrogen and oxygen atoms in total. The summed E-state index contributed by atoms with van der Waals surface area (Å²) in [5.74, 6) is 0. The fraction of sp³-hybridized carbons (Fsp3) is 0. The van der Waals surface area contributed by atoms with Crippen LogP contribution in [0.1, 0.15) is 0 Å². The summed E-state index contributed by atoms with van der Waals surface area (Å²) in [4.78, 5) is 0. The number of fused-ring (bicyclic) bond motifs is 6. The Hall–Kier alpha value is -0.607. The molecule has 0 saturated heterocycles. The quantitative estimate of drug-likeness (QED) is 0.346. The number of hydrogen-bond donors (Lipinski definition) is 0. The molecule has 4 rings (SSSR count). The number of rotatable bonds is 0. The molecule has 0 saturated carbocycles. The molecule has 0 aliphatic rings.